The molecule has 0 radical (unpaired) electrons. The first-order chi connectivity index (χ1) is 6.67. The van der Waals surface area contributed by atoms with Crippen LogP contribution in [0, 0.1) is 5.92 Å². The van der Waals surface area contributed by atoms with Crippen molar-refractivity contribution in [3.8, 4) is 0 Å². The zero-order valence-electron chi connectivity index (χ0n) is 9.64. The van der Waals surface area contributed by atoms with E-state index in [1.807, 2.05) is 13.8 Å². The van der Waals surface area contributed by atoms with E-state index in [0.717, 1.165) is 25.7 Å². The molecule has 0 saturated carbocycles. The number of rotatable bonds is 8. The predicted molar refractivity (Wildman–Crippen MR) is 58.2 cm³/mol. The molecule has 14 heavy (non-hydrogen) atoms. The van der Waals surface area contributed by atoms with Crippen LogP contribution in [0.5, 0.6) is 0 Å². The molecule has 0 heterocycles. The zero-order chi connectivity index (χ0) is 11.0. The first kappa shape index (κ1) is 13.3. The lowest BCUT2D eigenvalue weighted by atomic mass is 9.90. The van der Waals surface area contributed by atoms with Gasteiger partial charge in [-0.05, 0) is 12.8 Å². The average Bonchev–Trinajstić information content (AvgIpc) is 2.18. The maximum Gasteiger partial charge on any atom is 0.143 e. The normalized spacial score (nSPS) is 12.5. The molecule has 0 aliphatic carbocycles. The lowest BCUT2D eigenvalue weighted by molar-refractivity contribution is -0.133. The Morgan fingerprint density at radius 3 is 2.07 bits per heavy atom. The summed E-state index contributed by atoms with van der Waals surface area (Å²) in [6.45, 7) is 5.89. The maximum absolute atomic E-state index is 11.6. The van der Waals surface area contributed by atoms with Crippen molar-refractivity contribution in [1.82, 2.24) is 0 Å². The Hall–Kier alpha value is -0.660. The van der Waals surface area contributed by atoms with Crippen LogP contribution in [-0.2, 0) is 9.59 Å². The fraction of sp³-hybridized carbons (Fsp3) is 0.833. The topological polar surface area (TPSA) is 34.1 Å². The molecule has 0 spiro atoms. The first-order valence-electron chi connectivity index (χ1n) is 5.72. The zero-order valence-corrected chi connectivity index (χ0v) is 9.64. The summed E-state index contributed by atoms with van der Waals surface area (Å²) in [7, 11) is 0. The van der Waals surface area contributed by atoms with Crippen molar-refractivity contribution in [2.75, 3.05) is 0 Å². The van der Waals surface area contributed by atoms with Crippen molar-refractivity contribution in [3.05, 3.63) is 0 Å². The van der Waals surface area contributed by atoms with E-state index in [1.165, 1.54) is 0 Å². The minimum Gasteiger partial charge on any atom is -0.299 e. The summed E-state index contributed by atoms with van der Waals surface area (Å²) in [6.07, 6.45) is 4.67. The highest BCUT2D eigenvalue weighted by Crippen LogP contribution is 2.15. The number of hydrogen-bond donors (Lipinski definition) is 0. The molecule has 0 bridgehead atoms. The van der Waals surface area contributed by atoms with Crippen molar-refractivity contribution < 1.29 is 9.59 Å². The van der Waals surface area contributed by atoms with Crippen LogP contribution in [0.25, 0.3) is 0 Å². The van der Waals surface area contributed by atoms with Crippen molar-refractivity contribution in [1.29, 1.82) is 0 Å². The molecule has 0 amide bonds. The summed E-state index contributed by atoms with van der Waals surface area (Å²) in [5.41, 5.74) is 0. The van der Waals surface area contributed by atoms with Crippen molar-refractivity contribution >= 4 is 11.6 Å². The number of carbonyl (C=O) groups is 2. The van der Waals surface area contributed by atoms with Gasteiger partial charge in [0.2, 0.25) is 0 Å². The predicted octanol–water partition coefficient (Wildman–Crippen LogP) is 3.14. The van der Waals surface area contributed by atoms with Crippen LogP contribution in [0.3, 0.4) is 0 Å². The first-order valence-corrected chi connectivity index (χ1v) is 5.72. The van der Waals surface area contributed by atoms with Gasteiger partial charge in [-0.2, -0.15) is 0 Å². The lowest BCUT2D eigenvalue weighted by Crippen LogP contribution is -2.23. The van der Waals surface area contributed by atoms with Gasteiger partial charge in [0.15, 0.2) is 0 Å². The number of ketones is 2. The van der Waals surface area contributed by atoms with Gasteiger partial charge in [0, 0.05) is 12.8 Å². The van der Waals surface area contributed by atoms with Crippen LogP contribution < -0.4 is 0 Å². The van der Waals surface area contributed by atoms with Crippen LogP contribution in [0.2, 0.25) is 0 Å². The van der Waals surface area contributed by atoms with Gasteiger partial charge in [-0.15, -0.1) is 0 Å². The van der Waals surface area contributed by atoms with E-state index < -0.39 is 0 Å². The van der Waals surface area contributed by atoms with Crippen LogP contribution >= 0.6 is 0 Å². The average molecular weight is 198 g/mol. The van der Waals surface area contributed by atoms with Crippen molar-refractivity contribution in [2.45, 2.75) is 59.3 Å². The Labute approximate surface area is 87.1 Å². The number of carbonyl (C=O) groups excluding carboxylic acids is 2. The Morgan fingerprint density at radius 2 is 1.64 bits per heavy atom. The summed E-state index contributed by atoms with van der Waals surface area (Å²) in [6, 6.07) is 0. The second kappa shape index (κ2) is 7.72. The lowest BCUT2D eigenvalue weighted by Gasteiger charge is -2.12. The Bertz CT molecular complexity index is 185. The minimum absolute atomic E-state index is 0.122. The number of Topliss-reactive ketones (excluding diaryl/α,β-unsaturated/α-hetero) is 2. The highest BCUT2D eigenvalue weighted by Gasteiger charge is 2.22. The molecule has 0 aliphatic heterocycles. The molecular formula is C12H22O2. The summed E-state index contributed by atoms with van der Waals surface area (Å²) in [5.74, 6) is -0.0374. The van der Waals surface area contributed by atoms with E-state index in [9.17, 15) is 9.59 Å². The smallest absolute Gasteiger partial charge is 0.143 e. The van der Waals surface area contributed by atoms with Gasteiger partial charge in [0.05, 0.1) is 5.92 Å². The highest BCUT2D eigenvalue weighted by molar-refractivity contribution is 6.02. The summed E-state index contributed by atoms with van der Waals surface area (Å²) >= 11 is 0. The summed E-state index contributed by atoms with van der Waals surface area (Å²) in [5, 5.41) is 0. The van der Waals surface area contributed by atoms with E-state index >= 15 is 0 Å². The molecule has 0 saturated heterocycles. The third kappa shape index (κ3) is 4.54. The van der Waals surface area contributed by atoms with Gasteiger partial charge < -0.3 is 0 Å². The van der Waals surface area contributed by atoms with Crippen LogP contribution in [0.4, 0.5) is 0 Å². The Morgan fingerprint density at radius 1 is 1.00 bits per heavy atom. The third-order valence-corrected chi connectivity index (χ3v) is 2.47. The SMILES string of the molecule is CCCCC(C(=O)CC)C(=O)CCC. The Balaban J connectivity index is 4.22. The monoisotopic (exact) mass is 198 g/mol. The van der Waals surface area contributed by atoms with Crippen molar-refractivity contribution in [2.24, 2.45) is 5.92 Å². The minimum atomic E-state index is -0.306. The largest absolute Gasteiger partial charge is 0.299 e. The molecule has 82 valence electrons. The highest BCUT2D eigenvalue weighted by atomic mass is 16.1. The second-order valence-corrected chi connectivity index (χ2v) is 3.73. The molecule has 0 aromatic rings. The maximum atomic E-state index is 11.6. The quantitative estimate of drug-likeness (QED) is 0.561. The van der Waals surface area contributed by atoms with Gasteiger partial charge in [-0.1, -0.05) is 33.6 Å². The molecule has 0 aromatic heterocycles. The molecule has 1 atom stereocenters. The standard InChI is InChI=1S/C12H22O2/c1-4-7-9-10(11(13)6-3)12(14)8-5-2/h10H,4-9H2,1-3H3. The van der Waals surface area contributed by atoms with Crippen molar-refractivity contribution in [3.63, 3.8) is 0 Å². The van der Waals surface area contributed by atoms with Crippen LogP contribution in [0.1, 0.15) is 59.3 Å². The van der Waals surface area contributed by atoms with E-state index in [1.54, 1.807) is 0 Å². The fourth-order valence-electron chi connectivity index (χ4n) is 1.58. The molecule has 0 rings (SSSR count). The van der Waals surface area contributed by atoms with Gasteiger partial charge in [-0.3, -0.25) is 9.59 Å². The number of hydrogen-bond acceptors (Lipinski definition) is 2. The summed E-state index contributed by atoms with van der Waals surface area (Å²) in [4.78, 5) is 23.1. The molecule has 2 heteroatoms. The van der Waals surface area contributed by atoms with Gasteiger partial charge >= 0.3 is 0 Å². The third-order valence-electron chi connectivity index (χ3n) is 2.47. The Kier molecular flexibility index (Phi) is 7.35. The molecule has 0 aliphatic rings. The van der Waals surface area contributed by atoms with Crippen LogP contribution in [-0.4, -0.2) is 11.6 Å². The van der Waals surface area contributed by atoms with Crippen LogP contribution in [0.15, 0.2) is 0 Å². The number of unbranched alkanes of at least 4 members (excludes halogenated alkanes) is 1. The molecule has 2 nitrogen and oxygen atoms in total. The second-order valence-electron chi connectivity index (χ2n) is 3.73. The summed E-state index contributed by atoms with van der Waals surface area (Å²) < 4.78 is 0. The fourth-order valence-corrected chi connectivity index (χ4v) is 1.58. The van der Waals surface area contributed by atoms with E-state index in [4.69, 9.17) is 0 Å². The van der Waals surface area contributed by atoms with E-state index in [2.05, 4.69) is 6.92 Å². The molecule has 1 unspecified atom stereocenters. The van der Waals surface area contributed by atoms with E-state index in [0.29, 0.717) is 12.8 Å². The molecule has 0 fully saturated rings. The van der Waals surface area contributed by atoms with Gasteiger partial charge in [0.25, 0.3) is 0 Å². The molecule has 0 aromatic carbocycles. The van der Waals surface area contributed by atoms with Gasteiger partial charge in [-0.25, -0.2) is 0 Å². The van der Waals surface area contributed by atoms with Gasteiger partial charge in [0.1, 0.15) is 11.6 Å². The molecule has 0 N–H and O–H groups in total. The molecular weight excluding hydrogens is 176 g/mol. The van der Waals surface area contributed by atoms with E-state index in [-0.39, 0.29) is 17.5 Å².